The van der Waals surface area contributed by atoms with Crippen LogP contribution in [0.15, 0.2) is 6.33 Å². The number of ether oxygens (including phenoxy) is 4. The fourth-order valence-corrected chi connectivity index (χ4v) is 2.71. The molecule has 27 heavy (non-hydrogen) atoms. The summed E-state index contributed by atoms with van der Waals surface area (Å²) in [6, 6.07) is 3.60. The van der Waals surface area contributed by atoms with E-state index in [9.17, 15) is 19.6 Å². The second-order valence-electron chi connectivity index (χ2n) is 5.59. The maximum absolute atomic E-state index is 11.6. The van der Waals surface area contributed by atoms with E-state index in [1.165, 1.54) is 17.8 Å². The summed E-state index contributed by atoms with van der Waals surface area (Å²) < 4.78 is 22.4. The van der Waals surface area contributed by atoms with Crippen LogP contribution in [0, 0.1) is 22.7 Å². The van der Waals surface area contributed by atoms with Gasteiger partial charge < -0.3 is 18.9 Å². The number of esters is 3. The minimum atomic E-state index is -1.25. The van der Waals surface area contributed by atoms with Crippen LogP contribution in [-0.2, 0) is 33.3 Å². The van der Waals surface area contributed by atoms with Gasteiger partial charge in [0.05, 0.1) is 12.9 Å². The molecule has 0 unspecified atom stereocenters. The van der Waals surface area contributed by atoms with Crippen molar-refractivity contribution in [2.45, 2.75) is 45.3 Å². The van der Waals surface area contributed by atoms with Gasteiger partial charge in [0.25, 0.3) is 0 Å². The van der Waals surface area contributed by atoms with Crippen LogP contribution in [0.25, 0.3) is 0 Å². The van der Waals surface area contributed by atoms with Gasteiger partial charge in [-0.25, -0.2) is 4.98 Å². The number of nitriles is 2. The first-order chi connectivity index (χ1) is 12.8. The Balaban J connectivity index is 2.48. The van der Waals surface area contributed by atoms with Crippen LogP contribution in [0.3, 0.4) is 0 Å². The van der Waals surface area contributed by atoms with Crippen LogP contribution < -0.4 is 0 Å². The van der Waals surface area contributed by atoms with E-state index in [2.05, 4.69) is 4.98 Å². The fraction of sp³-hybridized carbons (Fsp3) is 0.500. The molecule has 4 atom stereocenters. The van der Waals surface area contributed by atoms with E-state index >= 15 is 0 Å². The molecule has 0 spiro atoms. The molecular weight excluding hydrogens is 360 g/mol. The second-order valence-corrected chi connectivity index (χ2v) is 5.59. The third-order valence-corrected chi connectivity index (χ3v) is 3.60. The molecule has 1 aromatic rings. The van der Waals surface area contributed by atoms with Gasteiger partial charge in [-0.05, 0) is 0 Å². The van der Waals surface area contributed by atoms with Gasteiger partial charge in [-0.3, -0.25) is 19.0 Å². The molecule has 0 bridgehead atoms. The van der Waals surface area contributed by atoms with Crippen LogP contribution in [0.1, 0.15) is 38.4 Å². The van der Waals surface area contributed by atoms with E-state index in [0.717, 1.165) is 13.8 Å². The molecule has 11 heteroatoms. The van der Waals surface area contributed by atoms with Crippen molar-refractivity contribution in [1.82, 2.24) is 9.55 Å². The topological polar surface area (TPSA) is 154 Å². The lowest BCUT2D eigenvalue weighted by Gasteiger charge is -2.40. The van der Waals surface area contributed by atoms with Crippen LogP contribution in [0.5, 0.6) is 0 Å². The average Bonchev–Trinajstić information content (AvgIpc) is 2.99. The number of imidazole rings is 1. The molecule has 11 nitrogen and oxygen atoms in total. The lowest BCUT2D eigenvalue weighted by molar-refractivity contribution is -0.239. The molecule has 2 heterocycles. The number of carbonyl (C=O) groups is 3. The standard InChI is InChI=1S/C16H16N4O7/c1-8(21)25-13-6-24-16(20-7-19-11(4-17)12(20)5-18)15(27-10(3)23)14(13)26-9(2)22/h7,13-16H,6H2,1-3H3/t13-,14+,15+,16+/m0/s1. The SMILES string of the molecule is CC(=O)O[C@@H]1[C@H](OC(C)=O)[C@@H](OC(C)=O)CO[C@H]1n1cnc(C#N)c1C#N. The molecular formula is C16H16N4O7. The molecule has 142 valence electrons. The summed E-state index contributed by atoms with van der Waals surface area (Å²) in [7, 11) is 0. The summed E-state index contributed by atoms with van der Waals surface area (Å²) in [6.07, 6.45) is -3.42. The van der Waals surface area contributed by atoms with Crippen molar-refractivity contribution in [2.75, 3.05) is 6.61 Å². The van der Waals surface area contributed by atoms with Crippen LogP contribution in [0.4, 0.5) is 0 Å². The van der Waals surface area contributed by atoms with Gasteiger partial charge in [0.1, 0.15) is 12.1 Å². The molecule has 1 aromatic heterocycles. The number of rotatable bonds is 4. The van der Waals surface area contributed by atoms with Gasteiger partial charge in [-0.15, -0.1) is 0 Å². The Bertz CT molecular complexity index is 835. The molecule has 0 N–H and O–H groups in total. The van der Waals surface area contributed by atoms with Crippen molar-refractivity contribution >= 4 is 17.9 Å². The summed E-state index contributed by atoms with van der Waals surface area (Å²) in [4.78, 5) is 38.3. The Kier molecular flexibility index (Phi) is 6.11. The van der Waals surface area contributed by atoms with Crippen molar-refractivity contribution in [1.29, 1.82) is 10.5 Å². The van der Waals surface area contributed by atoms with Crippen molar-refractivity contribution in [3.05, 3.63) is 17.7 Å². The molecule has 0 aliphatic carbocycles. The number of aromatic nitrogens is 2. The summed E-state index contributed by atoms with van der Waals surface area (Å²) in [5.41, 5.74) is -0.263. The summed E-state index contributed by atoms with van der Waals surface area (Å²) in [6.45, 7) is 3.24. The Morgan fingerprint density at radius 2 is 1.67 bits per heavy atom. The largest absolute Gasteiger partial charge is 0.456 e. The molecule has 2 rings (SSSR count). The normalized spacial score (nSPS) is 24.2. The first-order valence-corrected chi connectivity index (χ1v) is 7.78. The van der Waals surface area contributed by atoms with Gasteiger partial charge in [-0.1, -0.05) is 0 Å². The van der Waals surface area contributed by atoms with Crippen molar-refractivity contribution < 1.29 is 33.3 Å². The van der Waals surface area contributed by atoms with Crippen molar-refractivity contribution in [3.8, 4) is 12.1 Å². The van der Waals surface area contributed by atoms with Gasteiger partial charge in [-0.2, -0.15) is 10.5 Å². The highest BCUT2D eigenvalue weighted by Crippen LogP contribution is 2.32. The smallest absolute Gasteiger partial charge is 0.303 e. The predicted octanol–water partition coefficient (Wildman–Crippen LogP) is -0.0496. The minimum Gasteiger partial charge on any atom is -0.456 e. The van der Waals surface area contributed by atoms with Gasteiger partial charge >= 0.3 is 17.9 Å². The third kappa shape index (κ3) is 4.40. The maximum Gasteiger partial charge on any atom is 0.303 e. The van der Waals surface area contributed by atoms with Crippen molar-refractivity contribution in [2.24, 2.45) is 0 Å². The average molecular weight is 376 g/mol. The fourth-order valence-electron chi connectivity index (χ4n) is 2.71. The number of hydrogen-bond donors (Lipinski definition) is 0. The maximum atomic E-state index is 11.6. The van der Waals surface area contributed by atoms with Crippen LogP contribution in [0.2, 0.25) is 0 Å². The van der Waals surface area contributed by atoms with Crippen molar-refractivity contribution in [3.63, 3.8) is 0 Å². The van der Waals surface area contributed by atoms with E-state index in [-0.39, 0.29) is 18.0 Å². The van der Waals surface area contributed by atoms with Crippen LogP contribution >= 0.6 is 0 Å². The molecule has 0 radical (unpaired) electrons. The Morgan fingerprint density at radius 1 is 1.07 bits per heavy atom. The Labute approximate surface area is 154 Å². The quantitative estimate of drug-likeness (QED) is 0.516. The molecule has 1 saturated heterocycles. The van der Waals surface area contributed by atoms with E-state index in [0.29, 0.717) is 0 Å². The van der Waals surface area contributed by atoms with E-state index in [4.69, 9.17) is 24.2 Å². The third-order valence-electron chi connectivity index (χ3n) is 3.60. The zero-order valence-electron chi connectivity index (χ0n) is 14.7. The second kappa shape index (κ2) is 8.29. The first kappa shape index (κ1) is 19.9. The molecule has 0 amide bonds. The number of carbonyl (C=O) groups excluding carboxylic acids is 3. The molecule has 1 aliphatic rings. The van der Waals surface area contributed by atoms with Crippen LogP contribution in [-0.4, -0.2) is 52.4 Å². The summed E-state index contributed by atoms with van der Waals surface area (Å²) in [5.74, 6) is -2.06. The predicted molar refractivity (Wildman–Crippen MR) is 83.3 cm³/mol. The number of hydrogen-bond acceptors (Lipinski definition) is 10. The van der Waals surface area contributed by atoms with E-state index in [1.807, 2.05) is 6.07 Å². The number of nitrogens with zero attached hydrogens (tertiary/aromatic N) is 4. The minimum absolute atomic E-state index is 0.118. The Morgan fingerprint density at radius 3 is 2.19 bits per heavy atom. The lowest BCUT2D eigenvalue weighted by Crippen LogP contribution is -2.55. The highest BCUT2D eigenvalue weighted by molar-refractivity contribution is 5.68. The summed E-state index contributed by atoms with van der Waals surface area (Å²) >= 11 is 0. The molecule has 1 fully saturated rings. The van der Waals surface area contributed by atoms with Gasteiger partial charge in [0.15, 0.2) is 35.9 Å². The molecule has 1 aliphatic heterocycles. The lowest BCUT2D eigenvalue weighted by atomic mass is 10.0. The first-order valence-electron chi connectivity index (χ1n) is 7.78. The van der Waals surface area contributed by atoms with E-state index in [1.54, 1.807) is 6.07 Å². The molecule has 0 saturated carbocycles. The summed E-state index contributed by atoms with van der Waals surface area (Å²) in [5, 5.41) is 18.4. The van der Waals surface area contributed by atoms with Gasteiger partial charge in [0.2, 0.25) is 0 Å². The molecule has 0 aromatic carbocycles. The zero-order chi connectivity index (χ0) is 20.1. The zero-order valence-corrected chi connectivity index (χ0v) is 14.7. The Hall–Kier alpha value is -3.44. The van der Waals surface area contributed by atoms with Gasteiger partial charge in [0, 0.05) is 20.8 Å². The van der Waals surface area contributed by atoms with E-state index < -0.39 is 42.4 Å². The highest BCUT2D eigenvalue weighted by Gasteiger charge is 2.48. The monoisotopic (exact) mass is 376 g/mol. The highest BCUT2D eigenvalue weighted by atomic mass is 16.6.